The van der Waals surface area contributed by atoms with Gasteiger partial charge in [0.2, 0.25) is 11.2 Å². The maximum atomic E-state index is 14.1. The molecule has 4 rings (SSSR count). The van der Waals surface area contributed by atoms with Crippen LogP contribution in [-0.2, 0) is 6.61 Å². The second-order valence-electron chi connectivity index (χ2n) is 6.30. The molecule has 0 amide bonds. The first kappa shape index (κ1) is 19.0. The van der Waals surface area contributed by atoms with Gasteiger partial charge in [-0.25, -0.2) is 4.39 Å². The first-order chi connectivity index (χ1) is 14.1. The number of hydrogen-bond donors (Lipinski definition) is 0. The summed E-state index contributed by atoms with van der Waals surface area (Å²) in [7, 11) is 1.57. The Kier molecular flexibility index (Phi) is 5.23. The van der Waals surface area contributed by atoms with Crippen molar-refractivity contribution in [3.05, 3.63) is 93.4 Å². The molecule has 0 N–H and O–H groups in total. The quantitative estimate of drug-likeness (QED) is 0.414. The normalized spacial score (nSPS) is 10.9. The van der Waals surface area contributed by atoms with E-state index in [1.165, 1.54) is 12.1 Å². The van der Waals surface area contributed by atoms with Gasteiger partial charge in [0.1, 0.15) is 23.8 Å². The van der Waals surface area contributed by atoms with E-state index in [-0.39, 0.29) is 34.1 Å². The van der Waals surface area contributed by atoms with Crippen molar-refractivity contribution in [2.75, 3.05) is 7.11 Å². The predicted molar refractivity (Wildman–Crippen MR) is 110 cm³/mol. The van der Waals surface area contributed by atoms with E-state index in [9.17, 15) is 9.18 Å². The molecule has 0 aliphatic heterocycles. The van der Waals surface area contributed by atoms with Gasteiger partial charge in [0.15, 0.2) is 5.76 Å². The highest BCUT2D eigenvalue weighted by atomic mass is 35.5. The number of fused-ring (bicyclic) bond motifs is 1. The third-order valence-corrected chi connectivity index (χ3v) is 4.89. The lowest BCUT2D eigenvalue weighted by molar-refractivity contribution is 0.292. The average molecular weight is 411 g/mol. The summed E-state index contributed by atoms with van der Waals surface area (Å²) in [5.74, 6) is 0.406. The molecule has 0 saturated carbocycles. The molecule has 146 valence electrons. The zero-order valence-corrected chi connectivity index (χ0v) is 16.2. The zero-order valence-electron chi connectivity index (χ0n) is 15.4. The Hall–Kier alpha value is -3.31. The second-order valence-corrected chi connectivity index (χ2v) is 6.71. The Morgan fingerprint density at radius 2 is 1.76 bits per heavy atom. The van der Waals surface area contributed by atoms with Crippen molar-refractivity contribution in [3.63, 3.8) is 0 Å². The molecule has 6 heteroatoms. The van der Waals surface area contributed by atoms with Gasteiger partial charge in [-0.3, -0.25) is 4.79 Å². The van der Waals surface area contributed by atoms with E-state index in [2.05, 4.69) is 0 Å². The van der Waals surface area contributed by atoms with Crippen molar-refractivity contribution in [1.29, 1.82) is 0 Å². The summed E-state index contributed by atoms with van der Waals surface area (Å²) < 4.78 is 31.1. The number of benzene rings is 3. The van der Waals surface area contributed by atoms with E-state index in [0.29, 0.717) is 22.3 Å². The molecule has 0 atom stereocenters. The lowest BCUT2D eigenvalue weighted by Crippen LogP contribution is -2.11. The Balaban J connectivity index is 1.84. The first-order valence-corrected chi connectivity index (χ1v) is 9.22. The molecule has 0 bridgehead atoms. The Morgan fingerprint density at radius 1 is 1.00 bits per heavy atom. The maximum Gasteiger partial charge on any atom is 0.235 e. The molecule has 0 saturated heterocycles. The standard InChI is InChI=1S/C23H16ClFO4/c1-27-15-11-9-14(10-12-15)22-23(21(26)16-5-2-3-8-20(16)29-22)28-13-17-18(24)6-4-7-19(17)25/h2-12H,13H2,1H3. The molecule has 0 unspecified atom stereocenters. The van der Waals surface area contributed by atoms with E-state index in [1.807, 2.05) is 0 Å². The second kappa shape index (κ2) is 7.97. The van der Waals surface area contributed by atoms with Gasteiger partial charge in [-0.2, -0.15) is 0 Å². The number of ether oxygens (including phenoxy) is 2. The molecule has 0 spiro atoms. The van der Waals surface area contributed by atoms with Crippen LogP contribution in [-0.4, -0.2) is 7.11 Å². The number of methoxy groups -OCH3 is 1. The summed E-state index contributed by atoms with van der Waals surface area (Å²) in [4.78, 5) is 13.1. The fourth-order valence-corrected chi connectivity index (χ4v) is 3.22. The van der Waals surface area contributed by atoms with Crippen LogP contribution in [0.25, 0.3) is 22.3 Å². The third kappa shape index (κ3) is 3.69. The SMILES string of the molecule is COc1ccc(-c2oc3ccccc3c(=O)c2OCc2c(F)cccc2Cl)cc1. The van der Waals surface area contributed by atoms with Crippen LogP contribution in [0.15, 0.2) is 75.9 Å². The van der Waals surface area contributed by atoms with Crippen LogP contribution in [0.4, 0.5) is 4.39 Å². The smallest absolute Gasteiger partial charge is 0.235 e. The van der Waals surface area contributed by atoms with Crippen molar-refractivity contribution in [1.82, 2.24) is 0 Å². The summed E-state index contributed by atoms with van der Waals surface area (Å²) in [5.41, 5.74) is 0.885. The molecule has 0 radical (unpaired) electrons. The van der Waals surface area contributed by atoms with Crippen molar-refractivity contribution >= 4 is 22.6 Å². The molecule has 29 heavy (non-hydrogen) atoms. The van der Waals surface area contributed by atoms with Gasteiger partial charge >= 0.3 is 0 Å². The Bertz CT molecular complexity index is 1210. The van der Waals surface area contributed by atoms with Crippen LogP contribution in [0.1, 0.15) is 5.56 Å². The van der Waals surface area contributed by atoms with Crippen molar-refractivity contribution in [3.8, 4) is 22.8 Å². The van der Waals surface area contributed by atoms with Gasteiger partial charge in [0.05, 0.1) is 17.5 Å². The number of halogens is 2. The Morgan fingerprint density at radius 3 is 2.48 bits per heavy atom. The Labute approximate surface area is 171 Å². The summed E-state index contributed by atoms with van der Waals surface area (Å²) in [6.45, 7) is -0.211. The highest BCUT2D eigenvalue weighted by Crippen LogP contribution is 2.33. The van der Waals surface area contributed by atoms with Gasteiger partial charge in [-0.15, -0.1) is 0 Å². The van der Waals surface area contributed by atoms with Crippen molar-refractivity contribution < 1.29 is 18.3 Å². The largest absolute Gasteiger partial charge is 0.497 e. The number of hydrogen-bond acceptors (Lipinski definition) is 4. The first-order valence-electron chi connectivity index (χ1n) is 8.84. The van der Waals surface area contributed by atoms with Gasteiger partial charge in [0.25, 0.3) is 0 Å². The minimum absolute atomic E-state index is 0.00631. The minimum Gasteiger partial charge on any atom is -0.497 e. The monoisotopic (exact) mass is 410 g/mol. The van der Waals surface area contributed by atoms with Gasteiger partial charge in [-0.05, 0) is 48.5 Å². The van der Waals surface area contributed by atoms with E-state index in [0.717, 1.165) is 0 Å². The zero-order chi connectivity index (χ0) is 20.4. The number of para-hydroxylation sites is 1. The van der Waals surface area contributed by atoms with Crippen LogP contribution in [0, 0.1) is 5.82 Å². The van der Waals surface area contributed by atoms with Crippen LogP contribution in [0.3, 0.4) is 0 Å². The van der Waals surface area contributed by atoms with Crippen molar-refractivity contribution in [2.24, 2.45) is 0 Å². The maximum absolute atomic E-state index is 14.1. The number of rotatable bonds is 5. The topological polar surface area (TPSA) is 48.7 Å². The molecule has 3 aromatic carbocycles. The van der Waals surface area contributed by atoms with E-state index < -0.39 is 5.82 Å². The lowest BCUT2D eigenvalue weighted by atomic mass is 10.1. The van der Waals surface area contributed by atoms with Crippen molar-refractivity contribution in [2.45, 2.75) is 6.61 Å². The minimum atomic E-state index is -0.506. The molecule has 1 heterocycles. The molecule has 0 fully saturated rings. The predicted octanol–water partition coefficient (Wildman–Crippen LogP) is 5.84. The molecule has 4 nitrogen and oxygen atoms in total. The summed E-state index contributed by atoms with van der Waals surface area (Å²) >= 11 is 6.09. The van der Waals surface area contributed by atoms with Gasteiger partial charge in [-0.1, -0.05) is 29.8 Å². The summed E-state index contributed by atoms with van der Waals surface area (Å²) in [5, 5.41) is 0.598. The fourth-order valence-electron chi connectivity index (χ4n) is 3.00. The molecular weight excluding hydrogens is 395 g/mol. The highest BCUT2D eigenvalue weighted by Gasteiger charge is 2.19. The molecular formula is C23H16ClFO4. The molecule has 0 aliphatic carbocycles. The van der Waals surface area contributed by atoms with Crippen LogP contribution >= 0.6 is 11.6 Å². The van der Waals surface area contributed by atoms with Gasteiger partial charge < -0.3 is 13.9 Å². The van der Waals surface area contributed by atoms with E-state index >= 15 is 0 Å². The summed E-state index contributed by atoms with van der Waals surface area (Å²) in [6.07, 6.45) is 0. The van der Waals surface area contributed by atoms with Crippen LogP contribution in [0.2, 0.25) is 5.02 Å². The third-order valence-electron chi connectivity index (χ3n) is 4.53. The fraction of sp³-hybridized carbons (Fsp3) is 0.0870. The van der Waals surface area contributed by atoms with Crippen LogP contribution in [0.5, 0.6) is 11.5 Å². The van der Waals surface area contributed by atoms with E-state index in [4.69, 9.17) is 25.5 Å². The van der Waals surface area contributed by atoms with Crippen LogP contribution < -0.4 is 14.9 Å². The average Bonchev–Trinajstić information content (AvgIpc) is 2.74. The highest BCUT2D eigenvalue weighted by molar-refractivity contribution is 6.31. The molecule has 1 aromatic heterocycles. The summed E-state index contributed by atoms with van der Waals surface area (Å²) in [6, 6.07) is 18.3. The van der Waals surface area contributed by atoms with E-state index in [1.54, 1.807) is 61.7 Å². The lowest BCUT2D eigenvalue weighted by Gasteiger charge is -2.13. The van der Waals surface area contributed by atoms with Gasteiger partial charge in [0, 0.05) is 11.1 Å². The molecule has 4 aromatic rings. The molecule has 0 aliphatic rings.